The second kappa shape index (κ2) is 4.32. The molecule has 0 aromatic heterocycles. The van der Waals surface area contributed by atoms with Crippen molar-refractivity contribution in [3.63, 3.8) is 0 Å². The van der Waals surface area contributed by atoms with Crippen LogP contribution in [0.2, 0.25) is 0 Å². The van der Waals surface area contributed by atoms with E-state index in [1.165, 1.54) is 0 Å². The number of carbonyl (C=O) groups excluding carboxylic acids is 1. The lowest BCUT2D eigenvalue weighted by atomic mass is 10.1. The largest absolute Gasteiger partial charge is 0.506 e. The molecule has 1 aromatic carbocycles. The highest BCUT2D eigenvalue weighted by molar-refractivity contribution is 8.13. The summed E-state index contributed by atoms with van der Waals surface area (Å²) < 4.78 is 59.5. The third-order valence-electron chi connectivity index (χ3n) is 1.94. The fourth-order valence-corrected chi connectivity index (χ4v) is 1.94. The van der Waals surface area contributed by atoms with Crippen molar-refractivity contribution in [1.29, 1.82) is 0 Å². The summed E-state index contributed by atoms with van der Waals surface area (Å²) in [4.78, 5) is 9.85. The predicted molar refractivity (Wildman–Crippen MR) is 54.7 cm³/mol. The quantitative estimate of drug-likeness (QED) is 0.808. The number of hydrogen-bond acceptors (Lipinski definition) is 4. The molecule has 100 valence electrons. The van der Waals surface area contributed by atoms with E-state index >= 15 is 0 Å². The van der Waals surface area contributed by atoms with Gasteiger partial charge in [-0.15, -0.1) is 0 Å². The fourth-order valence-electron chi connectivity index (χ4n) is 1.15. The Kier molecular flexibility index (Phi) is 3.50. The highest BCUT2D eigenvalue weighted by atomic mass is 35.7. The first kappa shape index (κ1) is 14.6. The fraction of sp³-hybridized carbons (Fsp3) is 0.125. The molecule has 0 unspecified atom stereocenters. The zero-order chi connectivity index (χ0) is 14.3. The highest BCUT2D eigenvalue weighted by Gasteiger charge is 2.37. The van der Waals surface area contributed by atoms with Crippen molar-refractivity contribution in [3.8, 4) is 5.75 Å². The Morgan fingerprint density at radius 1 is 1.33 bits per heavy atom. The van der Waals surface area contributed by atoms with Gasteiger partial charge in [-0.05, 0) is 12.1 Å². The number of benzene rings is 1. The monoisotopic (exact) mass is 303 g/mol. The van der Waals surface area contributed by atoms with E-state index in [0.717, 1.165) is 0 Å². The van der Waals surface area contributed by atoms with E-state index in [1.807, 2.05) is 0 Å². The molecule has 5 nitrogen and oxygen atoms in total. The molecule has 0 saturated heterocycles. The SMILES string of the molecule is NC(=O)c1cc(S(=O)(=O)Cl)cc(C(F)(F)F)c1O. The van der Waals surface area contributed by atoms with Crippen LogP contribution in [0.15, 0.2) is 17.0 Å². The lowest BCUT2D eigenvalue weighted by molar-refractivity contribution is -0.138. The Bertz CT molecular complexity index is 612. The average molecular weight is 304 g/mol. The van der Waals surface area contributed by atoms with Gasteiger partial charge >= 0.3 is 6.18 Å². The van der Waals surface area contributed by atoms with Crippen molar-refractivity contribution in [1.82, 2.24) is 0 Å². The first-order valence-electron chi connectivity index (χ1n) is 4.13. The third kappa shape index (κ3) is 2.85. The Labute approximate surface area is 103 Å². The van der Waals surface area contributed by atoms with Gasteiger partial charge in [0.2, 0.25) is 0 Å². The summed E-state index contributed by atoms with van der Waals surface area (Å²) in [5.41, 5.74) is 2.04. The first-order chi connectivity index (χ1) is 7.94. The van der Waals surface area contributed by atoms with E-state index in [-0.39, 0.29) is 6.07 Å². The molecule has 1 amide bonds. The molecule has 0 aliphatic heterocycles. The zero-order valence-corrected chi connectivity index (χ0v) is 9.90. The van der Waals surface area contributed by atoms with Crippen LogP contribution in [0.3, 0.4) is 0 Å². The van der Waals surface area contributed by atoms with E-state index in [0.29, 0.717) is 6.07 Å². The second-order valence-corrected chi connectivity index (χ2v) is 5.73. The number of carbonyl (C=O) groups is 1. The minimum Gasteiger partial charge on any atom is -0.506 e. The van der Waals surface area contributed by atoms with Crippen molar-refractivity contribution < 1.29 is 31.5 Å². The molecule has 0 heterocycles. The summed E-state index contributed by atoms with van der Waals surface area (Å²) in [6.07, 6.45) is -5.06. The summed E-state index contributed by atoms with van der Waals surface area (Å²) in [6.45, 7) is 0. The summed E-state index contributed by atoms with van der Waals surface area (Å²) in [5.74, 6) is -2.86. The van der Waals surface area contributed by atoms with E-state index in [1.54, 1.807) is 0 Å². The molecule has 0 radical (unpaired) electrons. The molecule has 3 N–H and O–H groups in total. The number of phenols is 1. The van der Waals surface area contributed by atoms with Gasteiger partial charge in [0, 0.05) is 10.7 Å². The van der Waals surface area contributed by atoms with Gasteiger partial charge < -0.3 is 10.8 Å². The van der Waals surface area contributed by atoms with Crippen LogP contribution < -0.4 is 5.73 Å². The molecule has 1 rings (SSSR count). The van der Waals surface area contributed by atoms with Crippen LogP contribution in [-0.2, 0) is 15.2 Å². The minimum absolute atomic E-state index is 0.115. The van der Waals surface area contributed by atoms with Gasteiger partial charge in [-0.3, -0.25) is 4.79 Å². The molecule has 0 saturated carbocycles. The van der Waals surface area contributed by atoms with Crippen LogP contribution in [0.1, 0.15) is 15.9 Å². The van der Waals surface area contributed by atoms with Crippen LogP contribution in [-0.4, -0.2) is 19.4 Å². The Morgan fingerprint density at radius 3 is 2.17 bits per heavy atom. The molecule has 18 heavy (non-hydrogen) atoms. The van der Waals surface area contributed by atoms with E-state index in [9.17, 15) is 31.5 Å². The molecule has 0 bridgehead atoms. The number of hydrogen-bond donors (Lipinski definition) is 2. The van der Waals surface area contributed by atoms with E-state index in [4.69, 9.17) is 16.4 Å². The van der Waals surface area contributed by atoms with E-state index in [2.05, 4.69) is 0 Å². The van der Waals surface area contributed by atoms with Gasteiger partial charge in [-0.25, -0.2) is 8.42 Å². The number of primary amides is 1. The van der Waals surface area contributed by atoms with Gasteiger partial charge in [0.1, 0.15) is 5.75 Å². The van der Waals surface area contributed by atoms with Crippen molar-refractivity contribution in [2.45, 2.75) is 11.1 Å². The van der Waals surface area contributed by atoms with Crippen molar-refractivity contribution in [2.24, 2.45) is 5.73 Å². The minimum atomic E-state index is -5.06. The average Bonchev–Trinajstić information content (AvgIpc) is 2.13. The number of alkyl halides is 3. The molecule has 0 atom stereocenters. The molecule has 0 fully saturated rings. The third-order valence-corrected chi connectivity index (χ3v) is 3.27. The molecular weight excluding hydrogens is 299 g/mol. The van der Waals surface area contributed by atoms with Crippen molar-refractivity contribution in [2.75, 3.05) is 0 Å². The molecule has 0 aliphatic carbocycles. The summed E-state index contributed by atoms with van der Waals surface area (Å²) in [7, 11) is 0.376. The first-order valence-corrected chi connectivity index (χ1v) is 6.44. The van der Waals surface area contributed by atoms with Crippen LogP contribution in [0.25, 0.3) is 0 Å². The number of halogens is 4. The Morgan fingerprint density at radius 2 is 1.83 bits per heavy atom. The highest BCUT2D eigenvalue weighted by Crippen LogP contribution is 2.39. The second-order valence-electron chi connectivity index (χ2n) is 3.17. The summed E-state index contributed by atoms with van der Waals surface area (Å²) >= 11 is 0. The molecular formula is C8H5ClF3NO4S. The van der Waals surface area contributed by atoms with Crippen molar-refractivity contribution in [3.05, 3.63) is 23.3 Å². The predicted octanol–water partition coefficient (Wildman–Crippen LogP) is 1.44. The van der Waals surface area contributed by atoms with Gasteiger partial charge in [0.25, 0.3) is 15.0 Å². The number of aromatic hydroxyl groups is 1. The van der Waals surface area contributed by atoms with Crippen molar-refractivity contribution >= 4 is 25.6 Å². The van der Waals surface area contributed by atoms with E-state index < -0.39 is 42.9 Å². The molecule has 10 heteroatoms. The maximum atomic E-state index is 12.5. The molecule has 1 aromatic rings. The Balaban J connectivity index is 3.74. The maximum Gasteiger partial charge on any atom is 0.420 e. The topological polar surface area (TPSA) is 97.5 Å². The van der Waals surface area contributed by atoms with Gasteiger partial charge in [-0.2, -0.15) is 13.2 Å². The van der Waals surface area contributed by atoms with Crippen LogP contribution in [0.4, 0.5) is 13.2 Å². The van der Waals surface area contributed by atoms with Gasteiger partial charge in [0.15, 0.2) is 0 Å². The van der Waals surface area contributed by atoms with Crippen LogP contribution in [0, 0.1) is 0 Å². The van der Waals surface area contributed by atoms with Crippen LogP contribution >= 0.6 is 10.7 Å². The standard InChI is InChI=1S/C8H5ClF3NO4S/c9-18(16,17)3-1-4(7(13)15)6(14)5(2-3)8(10,11)12/h1-2,14H,(H2,13,15). The number of amides is 1. The smallest absolute Gasteiger partial charge is 0.420 e. The molecule has 0 spiro atoms. The lowest BCUT2D eigenvalue weighted by Crippen LogP contribution is -2.15. The van der Waals surface area contributed by atoms with Crippen LogP contribution in [0.5, 0.6) is 5.75 Å². The number of nitrogens with two attached hydrogens (primary N) is 1. The van der Waals surface area contributed by atoms with Gasteiger partial charge in [0.05, 0.1) is 16.0 Å². The maximum absolute atomic E-state index is 12.5. The summed E-state index contributed by atoms with van der Waals surface area (Å²) in [5, 5.41) is 9.23. The normalized spacial score (nSPS) is 12.4. The number of rotatable bonds is 2. The summed E-state index contributed by atoms with van der Waals surface area (Å²) in [6, 6.07) is 0.583. The lowest BCUT2D eigenvalue weighted by Gasteiger charge is -2.12. The Hall–Kier alpha value is -1.48. The molecule has 0 aliphatic rings. The van der Waals surface area contributed by atoms with Gasteiger partial charge in [-0.1, -0.05) is 0 Å². The zero-order valence-electron chi connectivity index (χ0n) is 8.32.